The number of allylic oxidation sites excluding steroid dienone is 1. The van der Waals surface area contributed by atoms with E-state index >= 15 is 0 Å². The molecular formula is C19H21BrN2O4V. The summed E-state index contributed by atoms with van der Waals surface area (Å²) in [5.74, 6) is -0.0905. The van der Waals surface area contributed by atoms with Crippen LogP contribution >= 0.6 is 15.9 Å². The van der Waals surface area contributed by atoms with Crippen LogP contribution in [-0.2, 0) is 21.0 Å². The zero-order valence-corrected chi connectivity index (χ0v) is 17.9. The molecule has 6 nitrogen and oxygen atoms in total. The summed E-state index contributed by atoms with van der Waals surface area (Å²) in [5.41, 5.74) is 1.72. The van der Waals surface area contributed by atoms with Gasteiger partial charge in [0.25, 0.3) is 0 Å². The molecular weight excluding hydrogens is 451 g/mol. The van der Waals surface area contributed by atoms with Crippen molar-refractivity contribution in [2.75, 3.05) is 6.61 Å². The van der Waals surface area contributed by atoms with E-state index in [0.29, 0.717) is 16.8 Å². The first-order valence-corrected chi connectivity index (χ1v) is 9.16. The van der Waals surface area contributed by atoms with E-state index in [-0.39, 0.29) is 18.3 Å². The second kappa shape index (κ2) is 15.0. The van der Waals surface area contributed by atoms with Crippen molar-refractivity contribution in [2.45, 2.75) is 13.8 Å². The van der Waals surface area contributed by atoms with Crippen LogP contribution in [0.15, 0.2) is 75.3 Å². The molecule has 0 atom stereocenters. The molecule has 27 heavy (non-hydrogen) atoms. The first-order valence-electron chi connectivity index (χ1n) is 7.80. The number of nitrogens with zero attached hydrogens (tertiary/aromatic N) is 2. The fourth-order valence-corrected chi connectivity index (χ4v) is 2.13. The summed E-state index contributed by atoms with van der Waals surface area (Å²) in [4.78, 5) is 0. The third kappa shape index (κ3) is 10.6. The van der Waals surface area contributed by atoms with Gasteiger partial charge in [-0.25, -0.2) is 0 Å². The van der Waals surface area contributed by atoms with Crippen LogP contribution in [0.5, 0.6) is 0 Å². The van der Waals surface area contributed by atoms with Crippen LogP contribution in [0.4, 0.5) is 0 Å². The van der Waals surface area contributed by atoms with E-state index in [1.807, 2.05) is 24.3 Å². The summed E-state index contributed by atoms with van der Waals surface area (Å²) in [7, 11) is 0. The molecule has 0 unspecified atom stereocenters. The van der Waals surface area contributed by atoms with Crippen LogP contribution in [0.25, 0.3) is 5.76 Å². The molecule has 2 rings (SSSR count). The molecule has 0 saturated heterocycles. The average molecular weight is 472 g/mol. The maximum atomic E-state index is 9.97. The molecule has 0 saturated carbocycles. The van der Waals surface area contributed by atoms with Gasteiger partial charge in [-0.15, -0.1) is 5.10 Å². The summed E-state index contributed by atoms with van der Waals surface area (Å²) < 4.78 is 9.03. The molecule has 143 valence electrons. The third-order valence-electron chi connectivity index (χ3n) is 2.80. The number of hydrogen-bond donors (Lipinski definition) is 3. The Morgan fingerprint density at radius 3 is 2.15 bits per heavy atom. The van der Waals surface area contributed by atoms with Crippen molar-refractivity contribution in [1.82, 2.24) is 0 Å². The molecule has 8 heteroatoms. The van der Waals surface area contributed by atoms with Crippen LogP contribution in [0, 0.1) is 0 Å². The van der Waals surface area contributed by atoms with Gasteiger partial charge in [0.2, 0.25) is 5.90 Å². The standard InChI is InChI=1S/C17H15BrN2O2.C2H6O.O.V/c1-12(10-16(21)13-6-3-2-4-7-13)19-20-17(22)14-8-5-9-15(18)11-14;1-2-3;;/h2-11,21H,1H3,(H,20,22);3H,2H2,1H3;;/b16-10-,19-12+;;;. The van der Waals surface area contributed by atoms with Gasteiger partial charge >= 0.3 is 21.0 Å². The Hall–Kier alpha value is -2.06. The molecule has 0 aliphatic rings. The van der Waals surface area contributed by atoms with Crippen LogP contribution in [-0.4, -0.2) is 33.5 Å². The molecule has 3 N–H and O–H groups in total. The quantitative estimate of drug-likeness (QED) is 0.262. The molecule has 0 aliphatic heterocycles. The molecule has 0 bridgehead atoms. The molecule has 0 fully saturated rings. The van der Waals surface area contributed by atoms with Crippen LogP contribution in [0.2, 0.25) is 0 Å². The predicted octanol–water partition coefficient (Wildman–Crippen LogP) is 4.61. The van der Waals surface area contributed by atoms with Gasteiger partial charge in [0, 0.05) is 28.3 Å². The number of aliphatic hydroxyl groups is 3. The SMILES string of the molecule is CC(/C=C(\O)c1ccccc1)=N\N=C(/O)c1cccc(Br)c1.CCO.[O]=[V]. The Bertz CT molecular complexity index is 780. The van der Waals surface area contributed by atoms with Gasteiger partial charge in [-0.1, -0.05) is 52.3 Å². The molecule has 0 amide bonds. The van der Waals surface area contributed by atoms with E-state index in [4.69, 9.17) is 8.78 Å². The second-order valence-electron chi connectivity index (χ2n) is 4.89. The third-order valence-corrected chi connectivity index (χ3v) is 3.29. The minimum atomic E-state index is -0.187. The zero-order chi connectivity index (χ0) is 20.7. The Balaban J connectivity index is 0.00000123. The summed E-state index contributed by atoms with van der Waals surface area (Å²) in [6.45, 7) is 3.62. The van der Waals surface area contributed by atoms with Crippen molar-refractivity contribution < 1.29 is 36.4 Å². The fourth-order valence-electron chi connectivity index (χ4n) is 1.73. The zero-order valence-electron chi connectivity index (χ0n) is 15.0. The van der Waals surface area contributed by atoms with Crippen molar-refractivity contribution >= 4 is 33.3 Å². The number of hydrogen-bond acceptors (Lipinski definition) is 5. The van der Waals surface area contributed by atoms with Gasteiger partial charge in [-0.2, -0.15) is 5.10 Å². The summed E-state index contributed by atoms with van der Waals surface area (Å²) in [6.07, 6.45) is 1.49. The maximum absolute atomic E-state index is 9.97. The number of rotatable bonds is 4. The summed E-state index contributed by atoms with van der Waals surface area (Å²) in [6, 6.07) is 16.2. The number of benzene rings is 2. The van der Waals surface area contributed by atoms with E-state index < -0.39 is 0 Å². The molecule has 0 radical (unpaired) electrons. The Morgan fingerprint density at radius 2 is 1.59 bits per heavy atom. The fraction of sp³-hybridized carbons (Fsp3) is 0.158. The van der Waals surface area contributed by atoms with Crippen molar-refractivity contribution in [1.29, 1.82) is 0 Å². The molecule has 2 aromatic rings. The van der Waals surface area contributed by atoms with Crippen LogP contribution < -0.4 is 0 Å². The van der Waals surface area contributed by atoms with Crippen molar-refractivity contribution in [3.05, 3.63) is 76.3 Å². The van der Waals surface area contributed by atoms with Crippen molar-refractivity contribution in [2.24, 2.45) is 10.2 Å². The van der Waals surface area contributed by atoms with E-state index in [1.54, 1.807) is 44.2 Å². The summed E-state index contributed by atoms with van der Waals surface area (Å²) in [5, 5.41) is 35.1. The van der Waals surface area contributed by atoms with Gasteiger partial charge in [-0.05, 0) is 32.0 Å². The van der Waals surface area contributed by atoms with Crippen molar-refractivity contribution in [3.63, 3.8) is 0 Å². The average Bonchev–Trinajstić information content (AvgIpc) is 2.69. The first kappa shape index (κ1) is 24.9. The van der Waals surface area contributed by atoms with Crippen LogP contribution in [0.3, 0.4) is 0 Å². The number of halogens is 1. The number of aliphatic hydroxyl groups excluding tert-OH is 3. The second-order valence-corrected chi connectivity index (χ2v) is 5.80. The predicted molar refractivity (Wildman–Crippen MR) is 107 cm³/mol. The first-order chi connectivity index (χ1) is 13.0. The summed E-state index contributed by atoms with van der Waals surface area (Å²) >= 11 is 4.39. The molecule has 0 aromatic heterocycles. The minimum absolute atomic E-state index is 0.0963. The topological polar surface area (TPSA) is 102 Å². The van der Waals surface area contributed by atoms with Gasteiger partial charge < -0.3 is 15.3 Å². The van der Waals surface area contributed by atoms with E-state index in [0.717, 1.165) is 21.8 Å². The van der Waals surface area contributed by atoms with E-state index in [9.17, 15) is 10.2 Å². The Morgan fingerprint density at radius 1 is 1.04 bits per heavy atom. The van der Waals surface area contributed by atoms with Crippen LogP contribution in [0.1, 0.15) is 25.0 Å². The molecule has 0 spiro atoms. The molecule has 0 heterocycles. The Kier molecular flexibility index (Phi) is 13.9. The van der Waals surface area contributed by atoms with Gasteiger partial charge in [0.15, 0.2) is 0 Å². The Labute approximate surface area is 176 Å². The van der Waals surface area contributed by atoms with E-state index in [1.165, 1.54) is 6.08 Å². The molecule has 2 aromatic carbocycles. The van der Waals surface area contributed by atoms with Crippen molar-refractivity contribution in [3.8, 4) is 0 Å². The molecule has 0 aliphatic carbocycles. The van der Waals surface area contributed by atoms with E-state index in [2.05, 4.69) is 26.1 Å². The monoisotopic (exact) mass is 471 g/mol. The van der Waals surface area contributed by atoms with Gasteiger partial charge in [-0.3, -0.25) is 0 Å². The van der Waals surface area contributed by atoms with Gasteiger partial charge in [0.05, 0.1) is 5.71 Å². The van der Waals surface area contributed by atoms with Gasteiger partial charge in [0.1, 0.15) is 5.76 Å². The normalized spacial score (nSPS) is 11.6.